The third-order valence-corrected chi connectivity index (χ3v) is 4.33. The molecule has 108 valence electrons. The highest BCUT2D eigenvalue weighted by Gasteiger charge is 2.27. The molecule has 1 aliphatic rings. The number of para-hydroxylation sites is 2. The van der Waals surface area contributed by atoms with E-state index in [0.29, 0.717) is 11.6 Å². The fourth-order valence-electron chi connectivity index (χ4n) is 2.93. The number of hydrogen-bond donors (Lipinski definition) is 1. The minimum atomic E-state index is -0.146. The van der Waals surface area contributed by atoms with Crippen molar-refractivity contribution >= 4 is 34.0 Å². The highest BCUT2D eigenvalue weighted by molar-refractivity contribution is 6.30. The van der Waals surface area contributed by atoms with Crippen molar-refractivity contribution in [1.29, 1.82) is 0 Å². The van der Waals surface area contributed by atoms with Gasteiger partial charge < -0.3 is 5.32 Å². The molecule has 0 radical (unpaired) electrons. The molecular weight excluding hydrogens is 296 g/mol. The summed E-state index contributed by atoms with van der Waals surface area (Å²) < 4.78 is 0. The Labute approximate surface area is 132 Å². The average Bonchev–Trinajstić information content (AvgIpc) is 2.54. The van der Waals surface area contributed by atoms with E-state index in [1.54, 1.807) is 0 Å². The molecule has 3 aromatic rings. The Hall–Kier alpha value is -2.39. The van der Waals surface area contributed by atoms with E-state index < -0.39 is 0 Å². The van der Waals surface area contributed by atoms with Gasteiger partial charge in [0.1, 0.15) is 5.15 Å². The number of halogens is 1. The van der Waals surface area contributed by atoms with Crippen LogP contribution in [0.1, 0.15) is 28.4 Å². The summed E-state index contributed by atoms with van der Waals surface area (Å²) in [5.74, 6) is 0.128. The second-order valence-corrected chi connectivity index (χ2v) is 5.79. The predicted octanol–water partition coefficient (Wildman–Crippen LogP) is 4.63. The van der Waals surface area contributed by atoms with Crippen LogP contribution < -0.4 is 5.32 Å². The monoisotopic (exact) mass is 308 g/mol. The first-order valence-corrected chi connectivity index (χ1v) is 7.54. The third kappa shape index (κ3) is 2.14. The first-order chi connectivity index (χ1) is 10.7. The van der Waals surface area contributed by atoms with Crippen molar-refractivity contribution < 1.29 is 4.79 Å². The van der Waals surface area contributed by atoms with Gasteiger partial charge in [0.05, 0.1) is 11.6 Å². The molecule has 0 amide bonds. The van der Waals surface area contributed by atoms with E-state index in [0.717, 1.165) is 27.7 Å². The molecule has 0 bridgehead atoms. The van der Waals surface area contributed by atoms with Gasteiger partial charge in [-0.1, -0.05) is 41.9 Å². The maximum Gasteiger partial charge on any atom is 0.167 e. The van der Waals surface area contributed by atoms with Crippen LogP contribution in [0.15, 0.2) is 54.6 Å². The van der Waals surface area contributed by atoms with E-state index in [2.05, 4.69) is 10.3 Å². The van der Waals surface area contributed by atoms with Crippen molar-refractivity contribution in [2.24, 2.45) is 0 Å². The molecule has 0 saturated heterocycles. The van der Waals surface area contributed by atoms with Crippen LogP contribution in [0, 0.1) is 0 Å². The van der Waals surface area contributed by atoms with E-state index in [9.17, 15) is 4.79 Å². The molecule has 2 heterocycles. The Bertz CT molecular complexity index is 891. The number of rotatable bonds is 1. The summed E-state index contributed by atoms with van der Waals surface area (Å²) in [5.41, 5.74) is 3.32. The topological polar surface area (TPSA) is 42.0 Å². The maximum atomic E-state index is 12.3. The summed E-state index contributed by atoms with van der Waals surface area (Å²) in [6.07, 6.45) is 0.386. The molecule has 1 N–H and O–H groups in total. The number of carbonyl (C=O) groups excluding carboxylic acids is 1. The summed E-state index contributed by atoms with van der Waals surface area (Å²) in [6.45, 7) is 0. The molecule has 0 saturated carbocycles. The summed E-state index contributed by atoms with van der Waals surface area (Å²) in [5, 5.41) is 4.87. The van der Waals surface area contributed by atoms with E-state index in [1.807, 2.05) is 54.6 Å². The van der Waals surface area contributed by atoms with Gasteiger partial charge in [-0.15, -0.1) is 0 Å². The van der Waals surface area contributed by atoms with Gasteiger partial charge in [-0.25, -0.2) is 4.98 Å². The minimum Gasteiger partial charge on any atom is -0.377 e. The zero-order chi connectivity index (χ0) is 15.1. The summed E-state index contributed by atoms with van der Waals surface area (Å²) in [4.78, 5) is 16.8. The van der Waals surface area contributed by atoms with Crippen molar-refractivity contribution in [2.75, 3.05) is 5.32 Å². The maximum absolute atomic E-state index is 12.3. The molecule has 22 heavy (non-hydrogen) atoms. The van der Waals surface area contributed by atoms with Crippen LogP contribution in [-0.4, -0.2) is 10.8 Å². The van der Waals surface area contributed by atoms with E-state index in [1.165, 1.54) is 0 Å². The van der Waals surface area contributed by atoms with E-state index in [4.69, 9.17) is 11.6 Å². The Morgan fingerprint density at radius 2 is 1.86 bits per heavy atom. The van der Waals surface area contributed by atoms with Gasteiger partial charge >= 0.3 is 0 Å². The molecule has 1 aliphatic heterocycles. The number of ketones is 1. The lowest BCUT2D eigenvalue weighted by atomic mass is 9.92. The molecule has 4 heteroatoms. The van der Waals surface area contributed by atoms with Crippen LogP contribution >= 0.6 is 11.6 Å². The smallest absolute Gasteiger partial charge is 0.167 e. The Morgan fingerprint density at radius 3 is 2.77 bits per heavy atom. The number of benzene rings is 2. The standard InChI is InChI=1S/C18H13ClN2O/c19-18-13(9-11-5-1-3-7-14(11)21-18)16-10-17(22)12-6-2-4-8-15(12)20-16/h1-9,16,20H,10H2. The SMILES string of the molecule is O=C1CC(c2cc3ccccc3nc2Cl)Nc2ccccc21. The minimum absolute atomic E-state index is 0.128. The van der Waals surface area contributed by atoms with Gasteiger partial charge in [0.15, 0.2) is 5.78 Å². The van der Waals surface area contributed by atoms with E-state index in [-0.39, 0.29) is 11.8 Å². The van der Waals surface area contributed by atoms with Crippen molar-refractivity contribution in [2.45, 2.75) is 12.5 Å². The number of nitrogens with one attached hydrogen (secondary N) is 1. The lowest BCUT2D eigenvalue weighted by Gasteiger charge is -2.27. The third-order valence-electron chi connectivity index (χ3n) is 4.03. The zero-order valence-corrected chi connectivity index (χ0v) is 12.5. The number of carbonyl (C=O) groups is 1. The fourth-order valence-corrected chi connectivity index (χ4v) is 3.20. The van der Waals surface area contributed by atoms with Crippen LogP contribution in [-0.2, 0) is 0 Å². The largest absolute Gasteiger partial charge is 0.377 e. The van der Waals surface area contributed by atoms with Crippen LogP contribution in [0.2, 0.25) is 5.15 Å². The molecule has 1 unspecified atom stereocenters. The molecule has 3 nitrogen and oxygen atoms in total. The lowest BCUT2D eigenvalue weighted by molar-refractivity contribution is 0.0972. The van der Waals surface area contributed by atoms with Gasteiger partial charge in [0.2, 0.25) is 0 Å². The molecule has 0 spiro atoms. The number of aromatic nitrogens is 1. The first kappa shape index (κ1) is 13.3. The average molecular weight is 309 g/mol. The van der Waals surface area contributed by atoms with Crippen LogP contribution in [0.4, 0.5) is 5.69 Å². The van der Waals surface area contributed by atoms with Crippen molar-refractivity contribution in [1.82, 2.24) is 4.98 Å². The van der Waals surface area contributed by atoms with E-state index >= 15 is 0 Å². The van der Waals surface area contributed by atoms with Gasteiger partial charge in [-0.05, 0) is 24.3 Å². The summed E-state index contributed by atoms with van der Waals surface area (Å²) >= 11 is 6.35. The molecule has 2 aromatic carbocycles. The number of Topliss-reactive ketones (excluding diaryl/α,β-unsaturated/α-hetero) is 1. The first-order valence-electron chi connectivity index (χ1n) is 7.16. The second-order valence-electron chi connectivity index (χ2n) is 5.43. The molecule has 1 atom stereocenters. The van der Waals surface area contributed by atoms with Crippen LogP contribution in [0.5, 0.6) is 0 Å². The molecule has 1 aromatic heterocycles. The Morgan fingerprint density at radius 1 is 1.09 bits per heavy atom. The molecular formula is C18H13ClN2O. The number of hydrogen-bond acceptors (Lipinski definition) is 3. The predicted molar refractivity (Wildman–Crippen MR) is 88.5 cm³/mol. The van der Waals surface area contributed by atoms with Crippen LogP contribution in [0.25, 0.3) is 10.9 Å². The normalized spacial score (nSPS) is 17.1. The quantitative estimate of drug-likeness (QED) is 0.667. The van der Waals surface area contributed by atoms with Crippen LogP contribution in [0.3, 0.4) is 0 Å². The lowest BCUT2D eigenvalue weighted by Crippen LogP contribution is -2.23. The highest BCUT2D eigenvalue weighted by atomic mass is 35.5. The number of nitrogens with zero attached hydrogens (tertiary/aromatic N) is 1. The number of pyridine rings is 1. The van der Waals surface area contributed by atoms with Gasteiger partial charge in [-0.2, -0.15) is 0 Å². The fraction of sp³-hybridized carbons (Fsp3) is 0.111. The van der Waals surface area contributed by atoms with Crippen molar-refractivity contribution in [3.63, 3.8) is 0 Å². The second kappa shape index (κ2) is 5.11. The van der Waals surface area contributed by atoms with Gasteiger partial charge in [0, 0.05) is 28.6 Å². The molecule has 4 rings (SSSR count). The molecule has 0 aliphatic carbocycles. The number of anilines is 1. The Kier molecular flexibility index (Phi) is 3.09. The van der Waals surface area contributed by atoms with Crippen molar-refractivity contribution in [3.05, 3.63) is 70.9 Å². The summed E-state index contributed by atoms with van der Waals surface area (Å²) in [7, 11) is 0. The zero-order valence-electron chi connectivity index (χ0n) is 11.7. The Balaban J connectivity index is 1.80. The highest BCUT2D eigenvalue weighted by Crippen LogP contribution is 2.35. The number of fused-ring (bicyclic) bond motifs is 2. The van der Waals surface area contributed by atoms with Gasteiger partial charge in [0.25, 0.3) is 0 Å². The molecule has 0 fully saturated rings. The van der Waals surface area contributed by atoms with Gasteiger partial charge in [-0.3, -0.25) is 4.79 Å². The summed E-state index contributed by atoms with van der Waals surface area (Å²) in [6, 6.07) is 17.3. The van der Waals surface area contributed by atoms with Crippen molar-refractivity contribution in [3.8, 4) is 0 Å².